The van der Waals surface area contributed by atoms with Crippen LogP contribution in [-0.2, 0) is 0 Å². The van der Waals surface area contributed by atoms with Gasteiger partial charge in [-0.05, 0) is 37.5 Å². The first-order valence-corrected chi connectivity index (χ1v) is 7.65. The van der Waals surface area contributed by atoms with Crippen LogP contribution in [0.4, 0.5) is 4.79 Å². The average molecular weight is 285 g/mol. The third-order valence-electron chi connectivity index (χ3n) is 4.32. The molecule has 0 heterocycles. The van der Waals surface area contributed by atoms with E-state index in [1.54, 1.807) is 12.1 Å². The first kappa shape index (κ1) is 15.4. The lowest BCUT2D eigenvalue weighted by Crippen LogP contribution is -2.45. The molecule has 1 N–H and O–H groups in total. The van der Waals surface area contributed by atoms with Crippen LogP contribution in [0.5, 0.6) is 0 Å². The van der Waals surface area contributed by atoms with Crippen LogP contribution < -0.4 is 5.32 Å². The second-order valence-electron chi connectivity index (χ2n) is 5.81. The van der Waals surface area contributed by atoms with Crippen molar-refractivity contribution in [2.45, 2.75) is 51.1 Å². The van der Waals surface area contributed by atoms with Crippen molar-refractivity contribution in [2.24, 2.45) is 0 Å². The van der Waals surface area contributed by atoms with Gasteiger partial charge in [0.25, 0.3) is 0 Å². The highest BCUT2D eigenvalue weighted by atomic mass is 16.2. The number of hydrogen-bond acceptors (Lipinski definition) is 2. The first-order chi connectivity index (χ1) is 10.1. The molecular formula is C17H23N3O. The van der Waals surface area contributed by atoms with E-state index in [4.69, 9.17) is 5.26 Å². The number of carbonyl (C=O) groups excluding carboxylic acids is 1. The molecule has 4 nitrogen and oxygen atoms in total. The summed E-state index contributed by atoms with van der Waals surface area (Å²) in [4.78, 5) is 14.2. The molecule has 1 aliphatic rings. The number of nitrogens with zero attached hydrogens (tertiary/aromatic N) is 2. The van der Waals surface area contributed by atoms with Crippen LogP contribution in [0, 0.1) is 11.3 Å². The van der Waals surface area contributed by atoms with Crippen LogP contribution in [-0.4, -0.2) is 24.0 Å². The van der Waals surface area contributed by atoms with E-state index in [0.29, 0.717) is 11.6 Å². The van der Waals surface area contributed by atoms with Gasteiger partial charge in [-0.25, -0.2) is 4.79 Å². The van der Waals surface area contributed by atoms with Gasteiger partial charge < -0.3 is 10.2 Å². The normalized spacial score (nSPS) is 16.8. The maximum absolute atomic E-state index is 12.3. The fraction of sp³-hybridized carbons (Fsp3) is 0.529. The number of benzene rings is 1. The number of rotatable bonds is 3. The standard InChI is InChI=1S/C17H23N3O/c1-13(15-10-8-14(12-18)9-11-15)19-17(21)20(2)16-6-4-3-5-7-16/h8-11,13,16H,3-7H2,1-2H3,(H,19,21). The Labute approximate surface area is 126 Å². The van der Waals surface area contributed by atoms with E-state index in [1.807, 2.05) is 31.0 Å². The molecule has 1 saturated carbocycles. The van der Waals surface area contributed by atoms with Gasteiger partial charge >= 0.3 is 6.03 Å². The van der Waals surface area contributed by atoms with Gasteiger partial charge in [0.2, 0.25) is 0 Å². The summed E-state index contributed by atoms with van der Waals surface area (Å²) in [6, 6.07) is 9.74. The summed E-state index contributed by atoms with van der Waals surface area (Å²) in [6.07, 6.45) is 5.93. The summed E-state index contributed by atoms with van der Waals surface area (Å²) in [7, 11) is 1.89. The molecule has 21 heavy (non-hydrogen) atoms. The second-order valence-corrected chi connectivity index (χ2v) is 5.81. The number of hydrogen-bond donors (Lipinski definition) is 1. The van der Waals surface area contributed by atoms with Crippen LogP contribution in [0.3, 0.4) is 0 Å². The number of carbonyl (C=O) groups is 1. The van der Waals surface area contributed by atoms with Crippen molar-refractivity contribution in [3.8, 4) is 6.07 Å². The Kier molecular flexibility index (Phi) is 5.21. The highest BCUT2D eigenvalue weighted by Gasteiger charge is 2.23. The van der Waals surface area contributed by atoms with E-state index in [2.05, 4.69) is 11.4 Å². The molecule has 0 saturated heterocycles. The molecule has 1 unspecified atom stereocenters. The zero-order valence-corrected chi connectivity index (χ0v) is 12.8. The molecule has 0 spiro atoms. The monoisotopic (exact) mass is 285 g/mol. The number of nitrogens with one attached hydrogen (secondary N) is 1. The third kappa shape index (κ3) is 3.98. The smallest absolute Gasteiger partial charge is 0.317 e. The molecule has 112 valence electrons. The number of urea groups is 1. The SMILES string of the molecule is CC(NC(=O)N(C)C1CCCCC1)c1ccc(C#N)cc1. The summed E-state index contributed by atoms with van der Waals surface area (Å²) < 4.78 is 0. The van der Waals surface area contributed by atoms with E-state index >= 15 is 0 Å². The molecule has 1 aliphatic carbocycles. The molecule has 0 radical (unpaired) electrons. The number of amides is 2. The van der Waals surface area contributed by atoms with Crippen LogP contribution in [0.2, 0.25) is 0 Å². The molecule has 4 heteroatoms. The zero-order valence-electron chi connectivity index (χ0n) is 12.8. The highest BCUT2D eigenvalue weighted by Crippen LogP contribution is 2.22. The van der Waals surface area contributed by atoms with Gasteiger partial charge in [-0.2, -0.15) is 5.26 Å². The zero-order chi connectivity index (χ0) is 15.2. The molecule has 0 aliphatic heterocycles. The van der Waals surface area contributed by atoms with Crippen molar-refractivity contribution >= 4 is 6.03 Å². The Morgan fingerprint density at radius 3 is 2.48 bits per heavy atom. The Morgan fingerprint density at radius 2 is 1.90 bits per heavy atom. The Bertz CT molecular complexity index is 512. The summed E-state index contributed by atoms with van der Waals surface area (Å²) in [5, 5.41) is 11.8. The van der Waals surface area contributed by atoms with Crippen LogP contribution in [0.1, 0.15) is 56.2 Å². The van der Waals surface area contributed by atoms with Gasteiger partial charge in [-0.15, -0.1) is 0 Å². The lowest BCUT2D eigenvalue weighted by molar-refractivity contribution is 0.171. The second kappa shape index (κ2) is 7.12. The van der Waals surface area contributed by atoms with Crippen molar-refractivity contribution in [1.82, 2.24) is 10.2 Å². The minimum atomic E-state index is -0.0590. The summed E-state index contributed by atoms with van der Waals surface area (Å²) in [5.41, 5.74) is 1.65. The Morgan fingerprint density at radius 1 is 1.29 bits per heavy atom. The molecule has 2 amide bonds. The minimum Gasteiger partial charge on any atom is -0.331 e. The van der Waals surface area contributed by atoms with Crippen molar-refractivity contribution < 1.29 is 4.79 Å². The van der Waals surface area contributed by atoms with E-state index in [1.165, 1.54) is 19.3 Å². The molecule has 2 rings (SSSR count). The number of nitriles is 1. The molecule has 1 atom stereocenters. The Balaban J connectivity index is 1.92. The lowest BCUT2D eigenvalue weighted by atomic mass is 9.95. The predicted octanol–water partition coefficient (Wildman–Crippen LogP) is 3.59. The maximum atomic E-state index is 12.3. The molecule has 1 aromatic carbocycles. The Hall–Kier alpha value is -2.02. The van der Waals surface area contributed by atoms with Crippen LogP contribution in [0.25, 0.3) is 0 Å². The van der Waals surface area contributed by atoms with Crippen LogP contribution >= 0.6 is 0 Å². The quantitative estimate of drug-likeness (QED) is 0.922. The largest absolute Gasteiger partial charge is 0.331 e. The highest BCUT2D eigenvalue weighted by molar-refractivity contribution is 5.74. The average Bonchev–Trinajstić information content (AvgIpc) is 2.55. The van der Waals surface area contributed by atoms with Crippen molar-refractivity contribution in [3.63, 3.8) is 0 Å². The van der Waals surface area contributed by atoms with Gasteiger partial charge in [-0.1, -0.05) is 31.4 Å². The van der Waals surface area contributed by atoms with Crippen molar-refractivity contribution in [2.75, 3.05) is 7.05 Å². The van der Waals surface area contributed by atoms with Crippen molar-refractivity contribution in [3.05, 3.63) is 35.4 Å². The topological polar surface area (TPSA) is 56.1 Å². The molecule has 0 bridgehead atoms. The summed E-state index contributed by atoms with van der Waals surface area (Å²) in [5.74, 6) is 0. The van der Waals surface area contributed by atoms with Gasteiger partial charge in [0.15, 0.2) is 0 Å². The van der Waals surface area contributed by atoms with Gasteiger partial charge in [-0.3, -0.25) is 0 Å². The third-order valence-corrected chi connectivity index (χ3v) is 4.32. The molecule has 1 aromatic rings. The van der Waals surface area contributed by atoms with E-state index in [-0.39, 0.29) is 12.1 Å². The molecular weight excluding hydrogens is 262 g/mol. The molecule has 1 fully saturated rings. The van der Waals surface area contributed by atoms with Gasteiger partial charge in [0, 0.05) is 13.1 Å². The van der Waals surface area contributed by atoms with E-state index in [9.17, 15) is 4.79 Å². The first-order valence-electron chi connectivity index (χ1n) is 7.65. The lowest BCUT2D eigenvalue weighted by Gasteiger charge is -2.32. The van der Waals surface area contributed by atoms with Gasteiger partial charge in [0.05, 0.1) is 17.7 Å². The summed E-state index contributed by atoms with van der Waals surface area (Å²) in [6.45, 7) is 1.97. The van der Waals surface area contributed by atoms with E-state index in [0.717, 1.165) is 18.4 Å². The van der Waals surface area contributed by atoms with Crippen LogP contribution in [0.15, 0.2) is 24.3 Å². The predicted molar refractivity (Wildman–Crippen MR) is 82.7 cm³/mol. The minimum absolute atomic E-state index is 0.0150. The fourth-order valence-electron chi connectivity index (χ4n) is 2.85. The van der Waals surface area contributed by atoms with Gasteiger partial charge in [0.1, 0.15) is 0 Å². The fourth-order valence-corrected chi connectivity index (χ4v) is 2.85. The van der Waals surface area contributed by atoms with E-state index < -0.39 is 0 Å². The molecule has 0 aromatic heterocycles. The van der Waals surface area contributed by atoms with Crippen molar-refractivity contribution in [1.29, 1.82) is 5.26 Å². The maximum Gasteiger partial charge on any atom is 0.317 e. The summed E-state index contributed by atoms with van der Waals surface area (Å²) >= 11 is 0.